The normalized spacial score (nSPS) is 11.2. The summed E-state index contributed by atoms with van der Waals surface area (Å²) in [6.45, 7) is 0. The molecular formula is C22H19ClN2O2. The molecule has 1 N–H and O–H groups in total. The number of hydrogen-bond donors (Lipinski definition) is 1. The third-order valence-corrected chi connectivity index (χ3v) is 4.99. The standard InChI is InChI=1S/C22H19ClN2O2/c1-27-21(26)8-4-6-16-17-13-15(23)10-12-19(17)25-22(16)20-11-9-14-5-2-3-7-18(14)24-20/h2-3,5,7,9-13,25H,4,6,8H2,1H3. The number of hydrogen-bond acceptors (Lipinski definition) is 3. The van der Waals surface area contributed by atoms with Gasteiger partial charge in [-0.25, -0.2) is 4.98 Å². The number of methoxy groups -OCH3 is 1. The highest BCUT2D eigenvalue weighted by Gasteiger charge is 2.15. The molecule has 0 fully saturated rings. The van der Waals surface area contributed by atoms with E-state index in [1.807, 2.05) is 48.5 Å². The van der Waals surface area contributed by atoms with Crippen molar-refractivity contribution in [2.75, 3.05) is 7.11 Å². The molecule has 0 radical (unpaired) electrons. The van der Waals surface area contributed by atoms with Crippen LogP contribution in [0, 0.1) is 0 Å². The third kappa shape index (κ3) is 3.53. The summed E-state index contributed by atoms with van der Waals surface area (Å²) in [5.41, 5.74) is 4.95. The van der Waals surface area contributed by atoms with Gasteiger partial charge in [0.15, 0.2) is 0 Å². The summed E-state index contributed by atoms with van der Waals surface area (Å²) in [6, 6.07) is 18.0. The lowest BCUT2D eigenvalue weighted by Crippen LogP contribution is -2.01. The number of carbonyl (C=O) groups excluding carboxylic acids is 1. The molecule has 0 amide bonds. The van der Waals surface area contributed by atoms with Gasteiger partial charge in [-0.05, 0) is 48.7 Å². The van der Waals surface area contributed by atoms with Crippen LogP contribution in [0.5, 0.6) is 0 Å². The summed E-state index contributed by atoms with van der Waals surface area (Å²) in [4.78, 5) is 19.8. The second-order valence-corrected chi connectivity index (χ2v) is 6.92. The smallest absolute Gasteiger partial charge is 0.305 e. The average molecular weight is 379 g/mol. The number of nitrogens with zero attached hydrogens (tertiary/aromatic N) is 1. The van der Waals surface area contributed by atoms with Gasteiger partial charge in [-0.1, -0.05) is 35.9 Å². The zero-order chi connectivity index (χ0) is 18.8. The van der Waals surface area contributed by atoms with Gasteiger partial charge in [-0.15, -0.1) is 0 Å². The number of halogens is 1. The maximum Gasteiger partial charge on any atom is 0.305 e. The molecule has 0 unspecified atom stereocenters. The number of rotatable bonds is 5. The molecule has 5 heteroatoms. The summed E-state index contributed by atoms with van der Waals surface area (Å²) < 4.78 is 4.76. The van der Waals surface area contributed by atoms with Crippen LogP contribution in [0.1, 0.15) is 18.4 Å². The Morgan fingerprint density at radius 3 is 2.85 bits per heavy atom. The van der Waals surface area contributed by atoms with Gasteiger partial charge in [0.05, 0.1) is 24.0 Å². The summed E-state index contributed by atoms with van der Waals surface area (Å²) in [5.74, 6) is -0.196. The van der Waals surface area contributed by atoms with Gasteiger partial charge in [-0.2, -0.15) is 0 Å². The zero-order valence-electron chi connectivity index (χ0n) is 15.0. The fourth-order valence-corrected chi connectivity index (χ4v) is 3.59. The number of H-pyrrole nitrogens is 1. The van der Waals surface area contributed by atoms with E-state index < -0.39 is 0 Å². The lowest BCUT2D eigenvalue weighted by atomic mass is 10.0. The molecule has 2 heterocycles. The number of aryl methyl sites for hydroxylation is 1. The molecule has 2 aromatic heterocycles. The first kappa shape index (κ1) is 17.6. The number of aromatic amines is 1. The maximum absolute atomic E-state index is 11.5. The SMILES string of the molecule is COC(=O)CCCc1c(-c2ccc3ccccc3n2)[nH]c2ccc(Cl)cc12. The molecule has 4 aromatic rings. The fraction of sp³-hybridized carbons (Fsp3) is 0.182. The van der Waals surface area contributed by atoms with E-state index in [2.05, 4.69) is 11.1 Å². The van der Waals surface area contributed by atoms with Crippen molar-refractivity contribution >= 4 is 39.4 Å². The van der Waals surface area contributed by atoms with E-state index in [0.29, 0.717) is 17.9 Å². The Kier molecular flexibility index (Phi) is 4.82. The van der Waals surface area contributed by atoms with Crippen molar-refractivity contribution in [2.24, 2.45) is 0 Å². The van der Waals surface area contributed by atoms with Crippen molar-refractivity contribution in [3.05, 3.63) is 65.2 Å². The van der Waals surface area contributed by atoms with Crippen LogP contribution in [0.15, 0.2) is 54.6 Å². The van der Waals surface area contributed by atoms with Crippen LogP contribution >= 0.6 is 11.6 Å². The molecule has 136 valence electrons. The fourth-order valence-electron chi connectivity index (χ4n) is 3.42. The van der Waals surface area contributed by atoms with Crippen LogP contribution in [0.3, 0.4) is 0 Å². The minimum absolute atomic E-state index is 0.196. The van der Waals surface area contributed by atoms with Gasteiger partial charge in [0.25, 0.3) is 0 Å². The Labute approximate surface area is 162 Å². The van der Waals surface area contributed by atoms with Gasteiger partial charge in [0, 0.05) is 27.7 Å². The first-order valence-electron chi connectivity index (χ1n) is 8.89. The molecule has 0 aliphatic rings. The summed E-state index contributed by atoms with van der Waals surface area (Å²) in [6.07, 6.45) is 1.82. The molecule has 0 bridgehead atoms. The summed E-state index contributed by atoms with van der Waals surface area (Å²) in [5, 5.41) is 2.86. The van der Waals surface area contributed by atoms with Crippen LogP contribution < -0.4 is 0 Å². The van der Waals surface area contributed by atoms with Gasteiger partial charge in [-0.3, -0.25) is 4.79 Å². The minimum atomic E-state index is -0.196. The molecule has 0 saturated carbocycles. The number of carbonyl (C=O) groups is 1. The molecule has 0 spiro atoms. The minimum Gasteiger partial charge on any atom is -0.469 e. The van der Waals surface area contributed by atoms with E-state index in [1.54, 1.807) is 0 Å². The largest absolute Gasteiger partial charge is 0.469 e. The van der Waals surface area contributed by atoms with Crippen molar-refractivity contribution in [3.8, 4) is 11.4 Å². The first-order valence-corrected chi connectivity index (χ1v) is 9.26. The van der Waals surface area contributed by atoms with Crippen molar-refractivity contribution in [3.63, 3.8) is 0 Å². The molecule has 0 aliphatic carbocycles. The quantitative estimate of drug-likeness (QED) is 0.464. The second kappa shape index (κ2) is 7.41. The molecule has 4 nitrogen and oxygen atoms in total. The average Bonchev–Trinajstić information content (AvgIpc) is 3.05. The molecule has 27 heavy (non-hydrogen) atoms. The second-order valence-electron chi connectivity index (χ2n) is 6.49. The Hall–Kier alpha value is -2.85. The number of benzene rings is 2. The van der Waals surface area contributed by atoms with Crippen LogP contribution in [0.4, 0.5) is 0 Å². The molecular weight excluding hydrogens is 360 g/mol. The molecule has 4 rings (SSSR count). The first-order chi connectivity index (χ1) is 13.2. The zero-order valence-corrected chi connectivity index (χ0v) is 15.7. The third-order valence-electron chi connectivity index (χ3n) is 4.76. The molecule has 2 aromatic carbocycles. The van der Waals surface area contributed by atoms with Crippen LogP contribution in [-0.2, 0) is 16.0 Å². The maximum atomic E-state index is 11.5. The van der Waals surface area contributed by atoms with E-state index in [0.717, 1.165) is 45.2 Å². The Bertz CT molecular complexity index is 1130. The van der Waals surface area contributed by atoms with Crippen molar-refractivity contribution in [2.45, 2.75) is 19.3 Å². The van der Waals surface area contributed by atoms with Crippen molar-refractivity contribution in [1.29, 1.82) is 0 Å². The van der Waals surface area contributed by atoms with Crippen molar-refractivity contribution < 1.29 is 9.53 Å². The predicted molar refractivity (Wildman–Crippen MR) is 109 cm³/mol. The number of aromatic nitrogens is 2. The van der Waals surface area contributed by atoms with Gasteiger partial charge < -0.3 is 9.72 Å². The van der Waals surface area contributed by atoms with Crippen LogP contribution in [0.2, 0.25) is 5.02 Å². The lowest BCUT2D eigenvalue weighted by Gasteiger charge is -2.06. The predicted octanol–water partition coefficient (Wildman–Crippen LogP) is 5.53. The number of ether oxygens (including phenoxy) is 1. The van der Waals surface area contributed by atoms with Crippen LogP contribution in [0.25, 0.3) is 33.2 Å². The summed E-state index contributed by atoms with van der Waals surface area (Å²) >= 11 is 6.23. The van der Waals surface area contributed by atoms with Gasteiger partial charge in [0.2, 0.25) is 0 Å². The van der Waals surface area contributed by atoms with E-state index >= 15 is 0 Å². The number of para-hydroxylation sites is 1. The highest BCUT2D eigenvalue weighted by molar-refractivity contribution is 6.31. The van der Waals surface area contributed by atoms with Crippen LogP contribution in [-0.4, -0.2) is 23.0 Å². The van der Waals surface area contributed by atoms with Crippen molar-refractivity contribution in [1.82, 2.24) is 9.97 Å². The van der Waals surface area contributed by atoms with Gasteiger partial charge >= 0.3 is 5.97 Å². The Morgan fingerprint density at radius 2 is 2.00 bits per heavy atom. The Morgan fingerprint density at radius 1 is 1.15 bits per heavy atom. The van der Waals surface area contributed by atoms with Gasteiger partial charge in [0.1, 0.15) is 0 Å². The number of fused-ring (bicyclic) bond motifs is 2. The molecule has 0 saturated heterocycles. The molecule has 0 aliphatic heterocycles. The highest BCUT2D eigenvalue weighted by atomic mass is 35.5. The number of pyridine rings is 1. The lowest BCUT2D eigenvalue weighted by molar-refractivity contribution is -0.140. The number of esters is 1. The van der Waals surface area contributed by atoms with E-state index in [9.17, 15) is 4.79 Å². The highest BCUT2D eigenvalue weighted by Crippen LogP contribution is 2.33. The van der Waals surface area contributed by atoms with E-state index in [1.165, 1.54) is 7.11 Å². The Balaban J connectivity index is 1.80. The monoisotopic (exact) mass is 378 g/mol. The van der Waals surface area contributed by atoms with E-state index in [-0.39, 0.29) is 5.97 Å². The summed E-state index contributed by atoms with van der Waals surface area (Å²) in [7, 11) is 1.41. The van der Waals surface area contributed by atoms with E-state index in [4.69, 9.17) is 21.3 Å². The number of nitrogens with one attached hydrogen (secondary N) is 1. The molecule has 0 atom stereocenters. The topological polar surface area (TPSA) is 55.0 Å².